The van der Waals surface area contributed by atoms with Crippen LogP contribution < -0.4 is 4.90 Å². The van der Waals surface area contributed by atoms with Crippen LogP contribution in [0.25, 0.3) is 0 Å². The van der Waals surface area contributed by atoms with Crippen molar-refractivity contribution in [1.29, 1.82) is 0 Å². The molecule has 0 aliphatic carbocycles. The zero-order valence-corrected chi connectivity index (χ0v) is 16.6. The number of anilines is 1. The fourth-order valence-electron chi connectivity index (χ4n) is 3.81. The highest BCUT2D eigenvalue weighted by atomic mass is 32.2. The Kier molecular flexibility index (Phi) is 5.40. The Morgan fingerprint density at radius 1 is 0.857 bits per heavy atom. The Morgan fingerprint density at radius 3 is 2.00 bits per heavy atom. The first kappa shape index (κ1) is 18.6. The zero-order valence-electron chi connectivity index (χ0n) is 15.8. The molecule has 0 spiro atoms. The first-order valence-corrected chi connectivity index (χ1v) is 10.8. The van der Waals surface area contributed by atoms with Gasteiger partial charge in [-0.05, 0) is 36.1 Å². The fourth-order valence-corrected chi connectivity index (χ4v) is 5.39. The van der Waals surface area contributed by atoms with E-state index in [0.717, 1.165) is 23.2 Å². The van der Waals surface area contributed by atoms with E-state index in [2.05, 4.69) is 6.07 Å². The number of para-hydroxylation sites is 1. The largest absolute Gasteiger partial charge is 0.311 e. The van der Waals surface area contributed by atoms with Crippen molar-refractivity contribution in [3.8, 4) is 0 Å². The maximum atomic E-state index is 13.6. The van der Waals surface area contributed by atoms with Crippen molar-refractivity contribution in [3.05, 3.63) is 102 Å². The fraction of sp³-hybridized carbons (Fsp3) is 0.208. The average Bonchev–Trinajstić information content (AvgIpc) is 3.18. The quantitative estimate of drug-likeness (QED) is 0.644. The molecule has 0 N–H and O–H groups in total. The lowest BCUT2D eigenvalue weighted by Gasteiger charge is -2.25. The van der Waals surface area contributed by atoms with Crippen molar-refractivity contribution in [2.75, 3.05) is 11.4 Å². The van der Waals surface area contributed by atoms with Crippen molar-refractivity contribution < 1.29 is 9.00 Å². The van der Waals surface area contributed by atoms with E-state index in [4.69, 9.17) is 0 Å². The Hall–Kier alpha value is -2.72. The Bertz CT molecular complexity index is 948. The molecule has 4 heteroatoms. The molecular weight excluding hydrogens is 366 g/mol. The van der Waals surface area contributed by atoms with Crippen molar-refractivity contribution in [2.24, 2.45) is 0 Å². The molecule has 28 heavy (non-hydrogen) atoms. The van der Waals surface area contributed by atoms with E-state index in [0.29, 0.717) is 6.54 Å². The van der Waals surface area contributed by atoms with Crippen molar-refractivity contribution in [2.45, 2.75) is 23.8 Å². The number of rotatable bonds is 5. The van der Waals surface area contributed by atoms with Crippen LogP contribution in [0, 0.1) is 0 Å². The van der Waals surface area contributed by atoms with Crippen LogP contribution in [-0.2, 0) is 22.0 Å². The summed E-state index contributed by atoms with van der Waals surface area (Å²) in [5.41, 5.74) is 4.06. The summed E-state index contributed by atoms with van der Waals surface area (Å²) in [4.78, 5) is 15.0. The molecular formula is C24H23NO2S. The van der Waals surface area contributed by atoms with E-state index >= 15 is 0 Å². The van der Waals surface area contributed by atoms with Gasteiger partial charge in [0.2, 0.25) is 5.91 Å². The Morgan fingerprint density at radius 2 is 1.39 bits per heavy atom. The normalized spacial score (nSPS) is 15.3. The molecule has 2 unspecified atom stereocenters. The summed E-state index contributed by atoms with van der Waals surface area (Å²) in [7, 11) is -1.40. The maximum absolute atomic E-state index is 13.6. The van der Waals surface area contributed by atoms with Crippen LogP contribution in [0.15, 0.2) is 84.9 Å². The second kappa shape index (κ2) is 8.11. The number of carbonyl (C=O) groups excluding carboxylic acids is 1. The summed E-state index contributed by atoms with van der Waals surface area (Å²) in [6.45, 7) is 2.44. The van der Waals surface area contributed by atoms with Gasteiger partial charge in [0.1, 0.15) is 5.25 Å². The summed E-state index contributed by atoms with van der Waals surface area (Å²) < 4.78 is 13.6. The van der Waals surface area contributed by atoms with Crippen LogP contribution in [-0.4, -0.2) is 21.9 Å². The first-order chi connectivity index (χ1) is 13.7. The van der Waals surface area contributed by atoms with Crippen LogP contribution in [0.1, 0.15) is 28.9 Å². The molecule has 0 saturated heterocycles. The van der Waals surface area contributed by atoms with Gasteiger partial charge in [-0.1, -0.05) is 78.9 Å². The molecule has 0 aromatic heterocycles. The molecule has 3 nitrogen and oxygen atoms in total. The number of carbonyl (C=O) groups is 1. The molecule has 3 aromatic rings. The van der Waals surface area contributed by atoms with Gasteiger partial charge in [0.05, 0.1) is 5.25 Å². The minimum atomic E-state index is -1.40. The summed E-state index contributed by atoms with van der Waals surface area (Å²) >= 11 is 0. The topological polar surface area (TPSA) is 37.4 Å². The van der Waals surface area contributed by atoms with Crippen molar-refractivity contribution >= 4 is 22.4 Å². The van der Waals surface area contributed by atoms with Crippen LogP contribution in [0.4, 0.5) is 5.69 Å². The summed E-state index contributed by atoms with van der Waals surface area (Å²) in [6.07, 6.45) is 0.849. The number of nitrogens with zero attached hydrogens (tertiary/aromatic N) is 1. The van der Waals surface area contributed by atoms with Crippen LogP contribution >= 0.6 is 0 Å². The van der Waals surface area contributed by atoms with Gasteiger partial charge in [-0.25, -0.2) is 0 Å². The number of hydrogen-bond acceptors (Lipinski definition) is 2. The van der Waals surface area contributed by atoms with Gasteiger partial charge in [-0.15, -0.1) is 0 Å². The predicted octanol–water partition coefficient (Wildman–Crippen LogP) is 4.50. The van der Waals surface area contributed by atoms with Gasteiger partial charge >= 0.3 is 0 Å². The monoisotopic (exact) mass is 389 g/mol. The minimum absolute atomic E-state index is 0.0693. The molecule has 1 aliphatic heterocycles. The smallest absolute Gasteiger partial charge is 0.242 e. The highest BCUT2D eigenvalue weighted by molar-refractivity contribution is 7.86. The van der Waals surface area contributed by atoms with Gasteiger partial charge in [-0.3, -0.25) is 9.00 Å². The molecule has 4 rings (SSSR count). The molecule has 3 aromatic carbocycles. The number of fused-ring (bicyclic) bond motifs is 1. The molecule has 0 saturated carbocycles. The van der Waals surface area contributed by atoms with E-state index in [-0.39, 0.29) is 11.2 Å². The third kappa shape index (κ3) is 3.52. The Balaban J connectivity index is 1.65. The van der Waals surface area contributed by atoms with E-state index < -0.39 is 16.0 Å². The summed E-state index contributed by atoms with van der Waals surface area (Å²) in [5, 5.41) is -0.934. The lowest BCUT2D eigenvalue weighted by atomic mass is 10.0. The van der Waals surface area contributed by atoms with Gasteiger partial charge in [0.15, 0.2) is 0 Å². The highest BCUT2D eigenvalue weighted by Crippen LogP contribution is 2.33. The molecule has 1 heterocycles. The number of hydrogen-bond donors (Lipinski definition) is 0. The molecule has 0 bridgehead atoms. The predicted molar refractivity (Wildman–Crippen MR) is 115 cm³/mol. The van der Waals surface area contributed by atoms with Gasteiger partial charge in [0, 0.05) is 23.0 Å². The first-order valence-electron chi connectivity index (χ1n) is 9.55. The second-order valence-electron chi connectivity index (χ2n) is 7.04. The number of benzene rings is 3. The minimum Gasteiger partial charge on any atom is -0.311 e. The summed E-state index contributed by atoms with van der Waals surface area (Å²) in [6, 6.07) is 27.6. The lowest BCUT2D eigenvalue weighted by molar-refractivity contribution is -0.117. The second-order valence-corrected chi connectivity index (χ2v) is 8.88. The van der Waals surface area contributed by atoms with Crippen LogP contribution in [0.2, 0.25) is 0 Å². The van der Waals surface area contributed by atoms with Crippen LogP contribution in [0.3, 0.4) is 0 Å². The van der Waals surface area contributed by atoms with Gasteiger partial charge < -0.3 is 4.90 Å². The average molecular weight is 390 g/mol. The van der Waals surface area contributed by atoms with E-state index in [1.807, 2.05) is 78.9 Å². The van der Waals surface area contributed by atoms with Crippen molar-refractivity contribution in [1.82, 2.24) is 0 Å². The van der Waals surface area contributed by atoms with E-state index in [1.165, 1.54) is 5.56 Å². The molecule has 0 fully saturated rings. The highest BCUT2D eigenvalue weighted by Gasteiger charge is 2.34. The molecule has 0 radical (unpaired) electrons. The molecule has 1 amide bonds. The number of amides is 1. The maximum Gasteiger partial charge on any atom is 0.242 e. The van der Waals surface area contributed by atoms with E-state index in [9.17, 15) is 9.00 Å². The standard InChI is InChI=1S/C24H23NO2S/c1-18(24(26)25-17-16-19-10-8-9-15-22(19)25)28(27)23(20-11-4-2-5-12-20)21-13-6-3-7-14-21/h2-15,18,23H,16-17H2,1H3. The lowest BCUT2D eigenvalue weighted by Crippen LogP contribution is -2.40. The Labute approximate surface area is 168 Å². The van der Waals surface area contributed by atoms with Crippen molar-refractivity contribution in [3.63, 3.8) is 0 Å². The molecule has 142 valence electrons. The SMILES string of the molecule is CC(C(=O)N1CCc2ccccc21)S(=O)C(c1ccccc1)c1ccccc1. The van der Waals surface area contributed by atoms with E-state index in [1.54, 1.807) is 11.8 Å². The van der Waals surface area contributed by atoms with Crippen LogP contribution in [0.5, 0.6) is 0 Å². The third-order valence-electron chi connectivity index (χ3n) is 5.29. The van der Waals surface area contributed by atoms with Gasteiger partial charge in [-0.2, -0.15) is 0 Å². The van der Waals surface area contributed by atoms with Gasteiger partial charge in [0.25, 0.3) is 0 Å². The molecule has 1 aliphatic rings. The third-order valence-corrected chi connectivity index (χ3v) is 7.19. The summed E-state index contributed by atoms with van der Waals surface area (Å²) in [5.74, 6) is -0.0693. The zero-order chi connectivity index (χ0) is 19.5. The molecule has 2 atom stereocenters.